The Hall–Kier alpha value is -5.86. The van der Waals surface area contributed by atoms with Crippen molar-refractivity contribution in [3.05, 3.63) is 128 Å². The highest BCUT2D eigenvalue weighted by Gasteiger charge is 2.18. The van der Waals surface area contributed by atoms with Gasteiger partial charge >= 0.3 is 0 Å². The van der Waals surface area contributed by atoms with Gasteiger partial charge in [-0.2, -0.15) is 0 Å². The Morgan fingerprint density at radius 2 is 1.34 bits per heavy atom. The zero-order valence-electron chi connectivity index (χ0n) is 23.1. The summed E-state index contributed by atoms with van der Waals surface area (Å²) in [6.07, 6.45) is 8.33. The summed E-state index contributed by atoms with van der Waals surface area (Å²) in [4.78, 5) is 18.4. The van der Waals surface area contributed by atoms with E-state index in [-0.39, 0.29) is 0 Å². The van der Waals surface area contributed by atoms with Crippen molar-refractivity contribution in [2.75, 3.05) is 0 Å². The Balaban J connectivity index is 1.26. The number of para-hydroxylation sites is 1. The molecule has 5 heterocycles. The number of pyridine rings is 1. The minimum atomic E-state index is 0.559. The van der Waals surface area contributed by atoms with Crippen LogP contribution >= 0.6 is 11.3 Å². The third-order valence-electron chi connectivity index (χ3n) is 7.80. The van der Waals surface area contributed by atoms with Crippen LogP contribution in [0.15, 0.2) is 137 Å². The van der Waals surface area contributed by atoms with Crippen molar-refractivity contribution in [1.29, 1.82) is 0 Å². The van der Waals surface area contributed by atoms with Gasteiger partial charge in [-0.15, -0.1) is 11.3 Å². The molecule has 0 aliphatic heterocycles. The molecule has 0 saturated carbocycles. The molecule has 208 valence electrons. The maximum absolute atomic E-state index is 5.74. The van der Waals surface area contributed by atoms with Crippen LogP contribution in [0.3, 0.4) is 0 Å². The average Bonchev–Trinajstić information content (AvgIpc) is 3.90. The predicted octanol–water partition coefficient (Wildman–Crippen LogP) is 9.43. The van der Waals surface area contributed by atoms with Crippen LogP contribution in [0.2, 0.25) is 0 Å². The van der Waals surface area contributed by atoms with Gasteiger partial charge in [-0.25, -0.2) is 15.0 Å². The summed E-state index contributed by atoms with van der Waals surface area (Å²) < 4.78 is 14.6. The van der Waals surface area contributed by atoms with E-state index in [0.29, 0.717) is 11.8 Å². The standard InChI is InChI=1S/C36H21N5O2S/c1-2-7-31-27(5-1)28-10-8-23(36-40-30-11-9-22(21-33(30)44-36)34-38-13-15-42-34)20-32(28)41(31)26-18-24(29-6-3-4-12-37-29)17-25(19-26)35-39-14-16-43-35/h1-21H. The van der Waals surface area contributed by atoms with Gasteiger partial charge in [0.05, 0.1) is 39.3 Å². The number of hydrogen-bond acceptors (Lipinski definition) is 7. The maximum atomic E-state index is 5.74. The monoisotopic (exact) mass is 587 g/mol. The molecular weight excluding hydrogens is 566 g/mol. The van der Waals surface area contributed by atoms with Gasteiger partial charge in [0.2, 0.25) is 11.8 Å². The lowest BCUT2D eigenvalue weighted by Gasteiger charge is -2.12. The number of fused-ring (bicyclic) bond motifs is 4. The fraction of sp³-hybridized carbons (Fsp3) is 0. The summed E-state index contributed by atoms with van der Waals surface area (Å²) in [5.74, 6) is 1.16. The number of hydrogen-bond donors (Lipinski definition) is 0. The smallest absolute Gasteiger partial charge is 0.225 e. The van der Waals surface area contributed by atoms with Crippen molar-refractivity contribution >= 4 is 43.4 Å². The first-order valence-corrected chi connectivity index (χ1v) is 14.9. The van der Waals surface area contributed by atoms with Gasteiger partial charge in [0, 0.05) is 44.9 Å². The predicted molar refractivity (Wildman–Crippen MR) is 174 cm³/mol. The van der Waals surface area contributed by atoms with E-state index in [0.717, 1.165) is 65.3 Å². The van der Waals surface area contributed by atoms with Crippen LogP contribution in [-0.4, -0.2) is 24.5 Å². The zero-order chi connectivity index (χ0) is 29.0. The molecule has 0 amide bonds. The first kappa shape index (κ1) is 24.7. The van der Waals surface area contributed by atoms with Crippen LogP contribution < -0.4 is 0 Å². The molecule has 0 aliphatic carbocycles. The fourth-order valence-electron chi connectivity index (χ4n) is 5.84. The van der Waals surface area contributed by atoms with E-state index in [4.69, 9.17) is 13.8 Å². The Labute approximate surface area is 254 Å². The van der Waals surface area contributed by atoms with E-state index in [1.807, 2.05) is 36.5 Å². The minimum Gasteiger partial charge on any atom is -0.445 e. The summed E-state index contributed by atoms with van der Waals surface area (Å²) in [5, 5.41) is 3.29. The molecule has 44 heavy (non-hydrogen) atoms. The van der Waals surface area contributed by atoms with E-state index in [2.05, 4.69) is 86.2 Å². The molecule has 4 aromatic carbocycles. The highest BCUT2D eigenvalue weighted by atomic mass is 32.1. The second-order valence-electron chi connectivity index (χ2n) is 10.4. The van der Waals surface area contributed by atoms with Gasteiger partial charge in [-0.3, -0.25) is 4.98 Å². The van der Waals surface area contributed by atoms with E-state index in [1.165, 1.54) is 5.39 Å². The number of benzene rings is 4. The van der Waals surface area contributed by atoms with Crippen molar-refractivity contribution in [2.45, 2.75) is 0 Å². The summed E-state index contributed by atoms with van der Waals surface area (Å²) in [6.45, 7) is 0. The van der Waals surface area contributed by atoms with Crippen LogP contribution in [0.1, 0.15) is 0 Å². The molecule has 9 aromatic rings. The number of thiazole rings is 1. The summed E-state index contributed by atoms with van der Waals surface area (Å²) in [5.41, 5.74) is 8.84. The third-order valence-corrected chi connectivity index (χ3v) is 8.87. The van der Waals surface area contributed by atoms with Gasteiger partial charge in [0.15, 0.2) is 0 Å². The van der Waals surface area contributed by atoms with Crippen LogP contribution in [0, 0.1) is 0 Å². The van der Waals surface area contributed by atoms with Gasteiger partial charge < -0.3 is 13.4 Å². The molecule has 7 nitrogen and oxygen atoms in total. The van der Waals surface area contributed by atoms with E-state index in [9.17, 15) is 0 Å². The second-order valence-corrected chi connectivity index (χ2v) is 11.5. The number of nitrogens with zero attached hydrogens (tertiary/aromatic N) is 5. The zero-order valence-corrected chi connectivity index (χ0v) is 23.9. The molecule has 0 aliphatic rings. The first-order chi connectivity index (χ1) is 21.8. The maximum Gasteiger partial charge on any atom is 0.225 e. The Morgan fingerprint density at radius 3 is 2.16 bits per heavy atom. The number of aromatic nitrogens is 5. The van der Waals surface area contributed by atoms with Gasteiger partial charge in [-0.1, -0.05) is 36.4 Å². The van der Waals surface area contributed by atoms with Crippen molar-refractivity contribution < 1.29 is 8.83 Å². The summed E-state index contributed by atoms with van der Waals surface area (Å²) in [7, 11) is 0. The average molecular weight is 588 g/mol. The van der Waals surface area contributed by atoms with Crippen molar-refractivity contribution in [3.63, 3.8) is 0 Å². The highest BCUT2D eigenvalue weighted by Crippen LogP contribution is 2.39. The van der Waals surface area contributed by atoms with Crippen LogP contribution in [0.5, 0.6) is 0 Å². The van der Waals surface area contributed by atoms with Crippen LogP contribution in [-0.2, 0) is 0 Å². The highest BCUT2D eigenvalue weighted by molar-refractivity contribution is 7.21. The molecule has 5 aromatic heterocycles. The topological polar surface area (TPSA) is 82.8 Å². The van der Waals surface area contributed by atoms with Crippen LogP contribution in [0.25, 0.3) is 82.4 Å². The van der Waals surface area contributed by atoms with Gasteiger partial charge in [0.1, 0.15) is 17.5 Å². The molecule has 9 rings (SSSR count). The van der Waals surface area contributed by atoms with Crippen molar-refractivity contribution in [2.24, 2.45) is 0 Å². The Kier molecular flexibility index (Phi) is 5.54. The third kappa shape index (κ3) is 4.04. The normalized spacial score (nSPS) is 11.6. The lowest BCUT2D eigenvalue weighted by Crippen LogP contribution is -1.96. The lowest BCUT2D eigenvalue weighted by molar-refractivity contribution is 0.574. The molecule has 0 saturated heterocycles. The second kappa shape index (κ2) is 9.86. The summed E-state index contributed by atoms with van der Waals surface area (Å²) in [6, 6.07) is 33.5. The molecule has 0 N–H and O–H groups in total. The molecular formula is C36H21N5O2S. The first-order valence-electron chi connectivity index (χ1n) is 14.1. The van der Waals surface area contributed by atoms with E-state index in [1.54, 1.807) is 36.3 Å². The molecule has 0 fully saturated rings. The molecule has 0 unspecified atom stereocenters. The Bertz CT molecular complexity index is 2440. The van der Waals surface area contributed by atoms with Crippen LogP contribution in [0.4, 0.5) is 0 Å². The minimum absolute atomic E-state index is 0.559. The number of rotatable bonds is 5. The van der Waals surface area contributed by atoms with E-state index >= 15 is 0 Å². The fourth-order valence-corrected chi connectivity index (χ4v) is 6.84. The van der Waals surface area contributed by atoms with E-state index < -0.39 is 0 Å². The molecule has 0 atom stereocenters. The lowest BCUT2D eigenvalue weighted by atomic mass is 10.1. The summed E-state index contributed by atoms with van der Waals surface area (Å²) >= 11 is 1.66. The molecule has 0 radical (unpaired) electrons. The number of oxazole rings is 2. The molecule has 0 bridgehead atoms. The van der Waals surface area contributed by atoms with Gasteiger partial charge in [-0.05, 0) is 60.7 Å². The van der Waals surface area contributed by atoms with Crippen molar-refractivity contribution in [3.8, 4) is 50.4 Å². The Morgan fingerprint density at radius 1 is 0.568 bits per heavy atom. The molecule has 8 heteroatoms. The van der Waals surface area contributed by atoms with Crippen molar-refractivity contribution in [1.82, 2.24) is 24.5 Å². The largest absolute Gasteiger partial charge is 0.445 e. The SMILES string of the molecule is c1ccc(-c2cc(-c3ncco3)cc(-n3c4ccccc4c4ccc(-c5nc6ccc(-c7ncco7)cc6s5)cc43)c2)nc1. The van der Waals surface area contributed by atoms with Gasteiger partial charge in [0.25, 0.3) is 0 Å². The molecule has 0 spiro atoms. The quantitative estimate of drug-likeness (QED) is 0.199.